The first-order valence-corrected chi connectivity index (χ1v) is 7.89. The van der Waals surface area contributed by atoms with Gasteiger partial charge in [-0.1, -0.05) is 12.1 Å². The molecule has 25 heavy (non-hydrogen) atoms. The molecule has 1 aromatic carbocycles. The van der Waals surface area contributed by atoms with Gasteiger partial charge in [0.1, 0.15) is 17.4 Å². The Morgan fingerprint density at radius 2 is 2.04 bits per heavy atom. The van der Waals surface area contributed by atoms with E-state index in [1.807, 2.05) is 15.9 Å². The van der Waals surface area contributed by atoms with Crippen LogP contribution < -0.4 is 15.5 Å². The fourth-order valence-corrected chi connectivity index (χ4v) is 2.61. The van der Waals surface area contributed by atoms with Gasteiger partial charge in [-0.15, -0.1) is 6.58 Å². The van der Waals surface area contributed by atoms with E-state index in [-0.39, 0.29) is 18.7 Å². The summed E-state index contributed by atoms with van der Waals surface area (Å²) in [6.07, 6.45) is 1.52. The Kier molecular flexibility index (Phi) is 6.48. The number of piperazine rings is 1. The van der Waals surface area contributed by atoms with Gasteiger partial charge in [-0.2, -0.15) is 5.26 Å². The summed E-state index contributed by atoms with van der Waals surface area (Å²) in [6.45, 7) is 6.13. The van der Waals surface area contributed by atoms with E-state index in [0.29, 0.717) is 31.9 Å². The van der Waals surface area contributed by atoms with Gasteiger partial charge in [0.05, 0.1) is 12.2 Å². The molecule has 1 fully saturated rings. The molecule has 0 radical (unpaired) electrons. The second-order valence-corrected chi connectivity index (χ2v) is 5.56. The largest absolute Gasteiger partial charge is 0.368 e. The number of nitrogens with one attached hydrogen (secondary N) is 2. The molecular formula is C17H20FN5O2. The molecule has 0 aromatic heterocycles. The van der Waals surface area contributed by atoms with Crippen LogP contribution in [0.15, 0.2) is 30.9 Å². The third-order valence-electron chi connectivity index (χ3n) is 3.84. The minimum Gasteiger partial charge on any atom is -0.368 e. The first-order valence-electron chi connectivity index (χ1n) is 7.89. The smallest absolute Gasteiger partial charge is 0.321 e. The summed E-state index contributed by atoms with van der Waals surface area (Å²) >= 11 is 0. The third kappa shape index (κ3) is 5.02. The molecule has 2 rings (SSSR count). The summed E-state index contributed by atoms with van der Waals surface area (Å²) in [5, 5.41) is 13.8. The predicted octanol–water partition coefficient (Wildman–Crippen LogP) is 0.831. The molecule has 1 heterocycles. The van der Waals surface area contributed by atoms with Crippen molar-refractivity contribution < 1.29 is 14.0 Å². The summed E-state index contributed by atoms with van der Waals surface area (Å²) in [7, 11) is 0. The van der Waals surface area contributed by atoms with Crippen LogP contribution in [0, 0.1) is 17.1 Å². The number of nitrogens with zero attached hydrogens (tertiary/aromatic N) is 3. The van der Waals surface area contributed by atoms with Crippen LogP contribution in [0.2, 0.25) is 0 Å². The normalized spacial score (nSPS) is 14.5. The highest BCUT2D eigenvalue weighted by Gasteiger charge is 2.22. The van der Waals surface area contributed by atoms with Crippen LogP contribution in [0.3, 0.4) is 0 Å². The van der Waals surface area contributed by atoms with Crippen LogP contribution >= 0.6 is 0 Å². The van der Waals surface area contributed by atoms with Crippen molar-refractivity contribution in [3.05, 3.63) is 42.2 Å². The molecule has 3 amide bonds. The number of imide groups is 1. The second kappa shape index (κ2) is 8.80. The fraction of sp³-hybridized carbons (Fsp3) is 0.353. The zero-order chi connectivity index (χ0) is 18.2. The van der Waals surface area contributed by atoms with E-state index >= 15 is 0 Å². The van der Waals surface area contributed by atoms with Gasteiger partial charge in [-0.3, -0.25) is 15.0 Å². The topological polar surface area (TPSA) is 88.5 Å². The van der Waals surface area contributed by atoms with Gasteiger partial charge in [-0.25, -0.2) is 9.18 Å². The van der Waals surface area contributed by atoms with E-state index in [1.165, 1.54) is 12.1 Å². The lowest BCUT2D eigenvalue weighted by Crippen LogP contribution is -2.51. The highest BCUT2D eigenvalue weighted by Crippen LogP contribution is 2.23. The highest BCUT2D eigenvalue weighted by atomic mass is 19.1. The van der Waals surface area contributed by atoms with E-state index in [4.69, 9.17) is 5.26 Å². The minimum absolute atomic E-state index is 0.0348. The maximum absolute atomic E-state index is 13.7. The van der Waals surface area contributed by atoms with Crippen molar-refractivity contribution in [3.8, 4) is 6.07 Å². The first kappa shape index (κ1) is 18.4. The summed E-state index contributed by atoms with van der Waals surface area (Å²) < 4.78 is 13.7. The number of carbonyl (C=O) groups is 2. The summed E-state index contributed by atoms with van der Waals surface area (Å²) in [6, 6.07) is 5.90. The van der Waals surface area contributed by atoms with E-state index in [9.17, 15) is 14.0 Å². The molecule has 1 aliphatic heterocycles. The summed E-state index contributed by atoms with van der Waals surface area (Å²) in [5.41, 5.74) is 0.600. The molecule has 8 heteroatoms. The molecule has 0 bridgehead atoms. The highest BCUT2D eigenvalue weighted by molar-refractivity contribution is 5.95. The molecule has 1 aromatic rings. The number of benzene rings is 1. The maximum atomic E-state index is 13.7. The van der Waals surface area contributed by atoms with E-state index in [0.717, 1.165) is 0 Å². The van der Waals surface area contributed by atoms with Crippen LogP contribution in [-0.2, 0) is 4.79 Å². The standard InChI is InChI=1S/C17H20FN5O2/c1-2-6-20-17(25)21-16(24)12-22-7-9-23(10-8-22)15-5-3-4-14(18)13(15)11-19/h2-5H,1,6-10,12H2,(H2,20,21,24,25). The lowest BCUT2D eigenvalue weighted by Gasteiger charge is -2.36. The lowest BCUT2D eigenvalue weighted by molar-refractivity contribution is -0.121. The molecular weight excluding hydrogens is 325 g/mol. The number of amides is 3. The molecule has 0 unspecified atom stereocenters. The predicted molar refractivity (Wildman–Crippen MR) is 91.5 cm³/mol. The molecule has 1 saturated heterocycles. The molecule has 0 spiro atoms. The number of nitriles is 1. The van der Waals surface area contributed by atoms with Gasteiger partial charge >= 0.3 is 6.03 Å². The van der Waals surface area contributed by atoms with Gasteiger partial charge in [0.2, 0.25) is 5.91 Å². The number of hydrogen-bond acceptors (Lipinski definition) is 5. The Bertz CT molecular complexity index is 693. The lowest BCUT2D eigenvalue weighted by atomic mass is 10.1. The summed E-state index contributed by atoms with van der Waals surface area (Å²) in [4.78, 5) is 27.1. The van der Waals surface area contributed by atoms with Crippen LogP contribution in [0.4, 0.5) is 14.9 Å². The molecule has 0 atom stereocenters. The number of urea groups is 1. The molecule has 1 aliphatic rings. The Hall–Kier alpha value is -2.92. The second-order valence-electron chi connectivity index (χ2n) is 5.56. The SMILES string of the molecule is C=CCNC(=O)NC(=O)CN1CCN(c2cccc(F)c2C#N)CC1. The number of anilines is 1. The van der Waals surface area contributed by atoms with Crippen molar-refractivity contribution in [2.45, 2.75) is 0 Å². The Balaban J connectivity index is 1.85. The molecule has 0 aliphatic carbocycles. The van der Waals surface area contributed by atoms with E-state index in [1.54, 1.807) is 12.1 Å². The number of hydrogen-bond donors (Lipinski definition) is 2. The van der Waals surface area contributed by atoms with Crippen molar-refractivity contribution in [2.75, 3.05) is 44.2 Å². The Morgan fingerprint density at radius 3 is 2.68 bits per heavy atom. The minimum atomic E-state index is -0.554. The van der Waals surface area contributed by atoms with Crippen LogP contribution in [0.5, 0.6) is 0 Å². The zero-order valence-electron chi connectivity index (χ0n) is 13.8. The van der Waals surface area contributed by atoms with Gasteiger partial charge in [-0.05, 0) is 12.1 Å². The van der Waals surface area contributed by atoms with Crippen LogP contribution in [0.25, 0.3) is 0 Å². The maximum Gasteiger partial charge on any atom is 0.321 e. The van der Waals surface area contributed by atoms with E-state index < -0.39 is 17.8 Å². The number of carbonyl (C=O) groups excluding carboxylic acids is 2. The summed E-state index contributed by atoms with van der Waals surface area (Å²) in [5.74, 6) is -0.925. The van der Waals surface area contributed by atoms with Crippen molar-refractivity contribution in [3.63, 3.8) is 0 Å². The third-order valence-corrected chi connectivity index (χ3v) is 3.84. The monoisotopic (exact) mass is 345 g/mol. The molecule has 132 valence electrons. The first-order chi connectivity index (χ1) is 12.0. The van der Waals surface area contributed by atoms with Crippen molar-refractivity contribution in [2.24, 2.45) is 0 Å². The fourth-order valence-electron chi connectivity index (χ4n) is 2.61. The van der Waals surface area contributed by atoms with Crippen LogP contribution in [-0.4, -0.2) is 56.1 Å². The quantitative estimate of drug-likeness (QED) is 0.772. The van der Waals surface area contributed by atoms with Gasteiger partial charge < -0.3 is 10.2 Å². The van der Waals surface area contributed by atoms with E-state index in [2.05, 4.69) is 17.2 Å². The average Bonchev–Trinajstić information content (AvgIpc) is 2.60. The van der Waals surface area contributed by atoms with Crippen molar-refractivity contribution in [1.82, 2.24) is 15.5 Å². The van der Waals surface area contributed by atoms with Gasteiger partial charge in [0.15, 0.2) is 0 Å². The molecule has 0 saturated carbocycles. The number of rotatable bonds is 5. The molecule has 2 N–H and O–H groups in total. The Morgan fingerprint density at radius 1 is 1.32 bits per heavy atom. The van der Waals surface area contributed by atoms with Gasteiger partial charge in [0.25, 0.3) is 0 Å². The number of halogens is 1. The Labute approximate surface area is 145 Å². The van der Waals surface area contributed by atoms with Gasteiger partial charge in [0, 0.05) is 32.7 Å². The molecule has 7 nitrogen and oxygen atoms in total. The average molecular weight is 345 g/mol. The zero-order valence-corrected chi connectivity index (χ0v) is 13.8. The van der Waals surface area contributed by atoms with Crippen molar-refractivity contribution in [1.29, 1.82) is 5.26 Å². The van der Waals surface area contributed by atoms with Crippen LogP contribution in [0.1, 0.15) is 5.56 Å². The van der Waals surface area contributed by atoms with Crippen molar-refractivity contribution >= 4 is 17.6 Å².